The Hall–Kier alpha value is -1.67. The van der Waals surface area contributed by atoms with Gasteiger partial charge in [-0.05, 0) is 37.1 Å². The summed E-state index contributed by atoms with van der Waals surface area (Å²) in [5, 5.41) is 10.4. The number of nitrogens with one attached hydrogen (secondary N) is 2. The number of piperidine rings is 1. The molecule has 144 valence electrons. The standard InChI is InChI=1S/C17H23N5O2.2ClH/c1-24-17(6-8-18-9-7-17)16(23)20-10-14-2-4-15(5-3-14)11-22-13-19-12-21-22;;/h2-5,12-13,18H,6-11H2,1H3,(H,20,23);2*1H. The molecule has 26 heavy (non-hydrogen) atoms. The lowest BCUT2D eigenvalue weighted by Crippen LogP contribution is -2.53. The van der Waals surface area contributed by atoms with Gasteiger partial charge in [-0.1, -0.05) is 24.3 Å². The van der Waals surface area contributed by atoms with Crippen LogP contribution in [0, 0.1) is 0 Å². The third-order valence-corrected chi connectivity index (χ3v) is 4.50. The van der Waals surface area contributed by atoms with E-state index in [0.29, 0.717) is 25.9 Å². The van der Waals surface area contributed by atoms with E-state index in [1.54, 1.807) is 18.1 Å². The molecule has 1 aliphatic heterocycles. The van der Waals surface area contributed by atoms with E-state index in [-0.39, 0.29) is 30.7 Å². The normalized spacial score (nSPS) is 15.4. The smallest absolute Gasteiger partial charge is 0.252 e. The van der Waals surface area contributed by atoms with E-state index in [4.69, 9.17) is 4.74 Å². The SMILES string of the molecule is COC1(C(=O)NCc2ccc(Cn3cncn3)cc2)CCNCC1.Cl.Cl. The highest BCUT2D eigenvalue weighted by Gasteiger charge is 2.39. The lowest BCUT2D eigenvalue weighted by Gasteiger charge is -2.34. The molecule has 2 heterocycles. The van der Waals surface area contributed by atoms with E-state index >= 15 is 0 Å². The van der Waals surface area contributed by atoms with Crippen molar-refractivity contribution in [3.8, 4) is 0 Å². The van der Waals surface area contributed by atoms with Gasteiger partial charge in [0.25, 0.3) is 5.91 Å². The molecule has 2 aromatic rings. The lowest BCUT2D eigenvalue weighted by molar-refractivity contribution is -0.146. The maximum Gasteiger partial charge on any atom is 0.252 e. The van der Waals surface area contributed by atoms with Crippen LogP contribution in [0.2, 0.25) is 0 Å². The fraction of sp³-hybridized carbons (Fsp3) is 0.471. The molecule has 3 rings (SSSR count). The Balaban J connectivity index is 0.00000169. The van der Waals surface area contributed by atoms with Crippen LogP contribution < -0.4 is 10.6 Å². The molecule has 1 aromatic carbocycles. The van der Waals surface area contributed by atoms with Crippen molar-refractivity contribution in [1.82, 2.24) is 25.4 Å². The predicted octanol–water partition coefficient (Wildman–Crippen LogP) is 1.55. The molecule has 7 nitrogen and oxygen atoms in total. The van der Waals surface area contributed by atoms with Crippen LogP contribution in [0.15, 0.2) is 36.9 Å². The average Bonchev–Trinajstić information content (AvgIpc) is 3.14. The van der Waals surface area contributed by atoms with E-state index in [0.717, 1.165) is 24.2 Å². The number of methoxy groups -OCH3 is 1. The lowest BCUT2D eigenvalue weighted by atomic mass is 9.91. The van der Waals surface area contributed by atoms with Gasteiger partial charge >= 0.3 is 0 Å². The van der Waals surface area contributed by atoms with Crippen molar-refractivity contribution < 1.29 is 9.53 Å². The summed E-state index contributed by atoms with van der Waals surface area (Å²) in [5.74, 6) is -0.0295. The summed E-state index contributed by atoms with van der Waals surface area (Å²) in [5.41, 5.74) is 1.51. The van der Waals surface area contributed by atoms with Crippen LogP contribution in [-0.4, -0.2) is 46.5 Å². The van der Waals surface area contributed by atoms with Gasteiger partial charge in [0, 0.05) is 13.7 Å². The second-order valence-electron chi connectivity index (χ2n) is 6.04. The third-order valence-electron chi connectivity index (χ3n) is 4.50. The first-order valence-corrected chi connectivity index (χ1v) is 8.16. The van der Waals surface area contributed by atoms with Crippen molar-refractivity contribution in [2.75, 3.05) is 20.2 Å². The highest BCUT2D eigenvalue weighted by Crippen LogP contribution is 2.22. The van der Waals surface area contributed by atoms with Crippen LogP contribution in [0.4, 0.5) is 0 Å². The van der Waals surface area contributed by atoms with Gasteiger partial charge in [-0.2, -0.15) is 5.10 Å². The number of halogens is 2. The van der Waals surface area contributed by atoms with Gasteiger partial charge in [-0.15, -0.1) is 24.8 Å². The van der Waals surface area contributed by atoms with Gasteiger partial charge in [0.05, 0.1) is 6.54 Å². The zero-order valence-electron chi connectivity index (χ0n) is 14.7. The molecular formula is C17H25Cl2N5O2. The number of benzene rings is 1. The van der Waals surface area contributed by atoms with Crippen LogP contribution >= 0.6 is 24.8 Å². The average molecular weight is 402 g/mol. The van der Waals surface area contributed by atoms with Gasteiger partial charge in [0.2, 0.25) is 0 Å². The molecule has 0 saturated carbocycles. The van der Waals surface area contributed by atoms with Crippen molar-refractivity contribution in [2.45, 2.75) is 31.5 Å². The Morgan fingerprint density at radius 2 is 1.88 bits per heavy atom. The summed E-state index contributed by atoms with van der Waals surface area (Å²) in [4.78, 5) is 16.5. The summed E-state index contributed by atoms with van der Waals surface area (Å²) >= 11 is 0. The van der Waals surface area contributed by atoms with E-state index in [1.807, 2.05) is 24.3 Å². The Morgan fingerprint density at radius 1 is 1.23 bits per heavy atom. The van der Waals surface area contributed by atoms with Crippen molar-refractivity contribution >= 4 is 30.7 Å². The Morgan fingerprint density at radius 3 is 2.46 bits per heavy atom. The van der Waals surface area contributed by atoms with Crippen molar-refractivity contribution in [1.29, 1.82) is 0 Å². The quantitative estimate of drug-likeness (QED) is 0.767. The molecule has 1 aliphatic rings. The Kier molecular flexibility index (Phi) is 9.01. The van der Waals surface area contributed by atoms with Crippen molar-refractivity contribution in [2.24, 2.45) is 0 Å². The number of ether oxygens (including phenoxy) is 1. The van der Waals surface area contributed by atoms with Crippen LogP contribution in [-0.2, 0) is 22.6 Å². The fourth-order valence-corrected chi connectivity index (χ4v) is 2.96. The molecule has 0 bridgehead atoms. The van der Waals surface area contributed by atoms with Gasteiger partial charge in [0.15, 0.2) is 0 Å². The van der Waals surface area contributed by atoms with E-state index in [1.165, 1.54) is 6.33 Å². The zero-order chi connectivity index (χ0) is 16.8. The second kappa shape index (κ2) is 10.5. The van der Waals surface area contributed by atoms with Crippen molar-refractivity contribution in [3.63, 3.8) is 0 Å². The first-order valence-electron chi connectivity index (χ1n) is 8.16. The number of nitrogens with zero attached hydrogens (tertiary/aromatic N) is 3. The molecule has 0 atom stereocenters. The first-order chi connectivity index (χ1) is 11.7. The highest BCUT2D eigenvalue weighted by molar-refractivity contribution is 5.86. The number of hydrogen-bond acceptors (Lipinski definition) is 5. The predicted molar refractivity (Wildman–Crippen MR) is 104 cm³/mol. The summed E-state index contributed by atoms with van der Waals surface area (Å²) in [7, 11) is 1.61. The van der Waals surface area contributed by atoms with E-state index in [9.17, 15) is 4.79 Å². The first kappa shape index (κ1) is 22.4. The summed E-state index contributed by atoms with van der Waals surface area (Å²) in [6.45, 7) is 2.80. The van der Waals surface area contributed by atoms with Gasteiger partial charge in [-0.25, -0.2) is 9.67 Å². The number of rotatable bonds is 6. The third kappa shape index (κ3) is 5.41. The largest absolute Gasteiger partial charge is 0.368 e. The molecule has 0 radical (unpaired) electrons. The van der Waals surface area contributed by atoms with Gasteiger partial charge < -0.3 is 15.4 Å². The highest BCUT2D eigenvalue weighted by atomic mass is 35.5. The maximum atomic E-state index is 12.5. The molecule has 1 saturated heterocycles. The molecule has 0 unspecified atom stereocenters. The number of carbonyl (C=O) groups excluding carboxylic acids is 1. The van der Waals surface area contributed by atoms with Gasteiger partial charge in [0.1, 0.15) is 18.3 Å². The molecule has 0 aliphatic carbocycles. The molecule has 1 amide bonds. The summed E-state index contributed by atoms with van der Waals surface area (Å²) in [6, 6.07) is 8.13. The molecule has 2 N–H and O–H groups in total. The number of carbonyl (C=O) groups is 1. The maximum absolute atomic E-state index is 12.5. The fourth-order valence-electron chi connectivity index (χ4n) is 2.96. The van der Waals surface area contributed by atoms with Crippen molar-refractivity contribution in [3.05, 3.63) is 48.0 Å². The second-order valence-corrected chi connectivity index (χ2v) is 6.04. The zero-order valence-corrected chi connectivity index (χ0v) is 16.3. The van der Waals surface area contributed by atoms with Crippen LogP contribution in [0.5, 0.6) is 0 Å². The van der Waals surface area contributed by atoms with Crippen LogP contribution in [0.1, 0.15) is 24.0 Å². The monoisotopic (exact) mass is 401 g/mol. The molecular weight excluding hydrogens is 377 g/mol. The minimum atomic E-state index is -0.696. The van der Waals surface area contributed by atoms with Crippen LogP contribution in [0.3, 0.4) is 0 Å². The molecule has 9 heteroatoms. The van der Waals surface area contributed by atoms with E-state index < -0.39 is 5.60 Å². The van der Waals surface area contributed by atoms with Gasteiger partial charge in [-0.3, -0.25) is 4.79 Å². The molecule has 1 fully saturated rings. The number of hydrogen-bond donors (Lipinski definition) is 2. The Labute approximate surface area is 165 Å². The number of amides is 1. The van der Waals surface area contributed by atoms with Crippen LogP contribution in [0.25, 0.3) is 0 Å². The molecule has 1 aromatic heterocycles. The summed E-state index contributed by atoms with van der Waals surface area (Å²) in [6.07, 6.45) is 4.62. The number of aromatic nitrogens is 3. The minimum Gasteiger partial charge on any atom is -0.368 e. The summed E-state index contributed by atoms with van der Waals surface area (Å²) < 4.78 is 7.31. The minimum absolute atomic E-state index is 0. The Bertz CT molecular complexity index is 658. The molecule has 0 spiro atoms. The topological polar surface area (TPSA) is 81.1 Å². The van der Waals surface area contributed by atoms with E-state index in [2.05, 4.69) is 20.7 Å².